The maximum atomic E-state index is 8.75. The van der Waals surface area contributed by atoms with E-state index in [0.717, 1.165) is 0 Å². The van der Waals surface area contributed by atoms with E-state index in [0.29, 0.717) is 0 Å². The second kappa shape index (κ2) is 10.3. The first-order chi connectivity index (χ1) is 3.72. The summed E-state index contributed by atoms with van der Waals surface area (Å²) in [4.78, 5) is 0. The lowest BCUT2D eigenvalue weighted by molar-refractivity contribution is 0.0504. The van der Waals surface area contributed by atoms with Crippen LogP contribution in [-0.4, -0.2) is 33.9 Å². The SMILES string of the molecule is O[C@H](CS)[C@@H](O)CS.S.S. The monoisotopic (exact) mass is 222 g/mol. The van der Waals surface area contributed by atoms with Crippen molar-refractivity contribution in [2.75, 3.05) is 11.5 Å². The van der Waals surface area contributed by atoms with Gasteiger partial charge in [-0.15, -0.1) is 0 Å². The number of thiol groups is 2. The Morgan fingerprint density at radius 1 is 0.900 bits per heavy atom. The molecular formula is C4H14O2S4. The van der Waals surface area contributed by atoms with Gasteiger partial charge >= 0.3 is 0 Å². The average molecular weight is 222 g/mol. The van der Waals surface area contributed by atoms with Crippen LogP contribution < -0.4 is 0 Å². The molecule has 2 atom stereocenters. The summed E-state index contributed by atoms with van der Waals surface area (Å²) in [7, 11) is 0. The quantitative estimate of drug-likeness (QED) is 0.499. The van der Waals surface area contributed by atoms with Gasteiger partial charge in [-0.1, -0.05) is 0 Å². The molecule has 66 valence electrons. The Hall–Kier alpha value is 1.32. The number of aliphatic hydroxyl groups is 2. The zero-order valence-corrected chi connectivity index (χ0v) is 9.15. The van der Waals surface area contributed by atoms with E-state index in [9.17, 15) is 0 Å². The van der Waals surface area contributed by atoms with E-state index in [2.05, 4.69) is 25.3 Å². The summed E-state index contributed by atoms with van der Waals surface area (Å²) in [6, 6.07) is 0. The van der Waals surface area contributed by atoms with E-state index in [1.807, 2.05) is 0 Å². The zero-order valence-electron chi connectivity index (χ0n) is 5.36. The van der Waals surface area contributed by atoms with Crippen molar-refractivity contribution in [2.24, 2.45) is 0 Å². The predicted octanol–water partition coefficient (Wildman–Crippen LogP) is -0.207. The summed E-state index contributed by atoms with van der Waals surface area (Å²) in [5.74, 6) is 0.559. The predicted molar refractivity (Wildman–Crippen MR) is 60.5 cm³/mol. The molecule has 0 aliphatic rings. The molecule has 0 radical (unpaired) electrons. The van der Waals surface area contributed by atoms with Gasteiger partial charge in [-0.3, -0.25) is 0 Å². The normalized spacial score (nSPS) is 14.4. The van der Waals surface area contributed by atoms with E-state index in [4.69, 9.17) is 10.2 Å². The van der Waals surface area contributed by atoms with Crippen LogP contribution in [0.15, 0.2) is 0 Å². The molecule has 0 rings (SSSR count). The topological polar surface area (TPSA) is 40.5 Å². The van der Waals surface area contributed by atoms with Crippen molar-refractivity contribution in [3.8, 4) is 0 Å². The molecule has 0 spiro atoms. The van der Waals surface area contributed by atoms with Crippen LogP contribution in [0.25, 0.3) is 0 Å². The molecule has 0 unspecified atom stereocenters. The molecule has 0 aromatic rings. The Morgan fingerprint density at radius 2 is 1.10 bits per heavy atom. The minimum Gasteiger partial charge on any atom is -0.390 e. The largest absolute Gasteiger partial charge is 0.390 e. The van der Waals surface area contributed by atoms with E-state index in [1.54, 1.807) is 0 Å². The molecular weight excluding hydrogens is 208 g/mol. The van der Waals surface area contributed by atoms with Gasteiger partial charge in [-0.25, -0.2) is 0 Å². The lowest BCUT2D eigenvalue weighted by Gasteiger charge is -2.11. The summed E-state index contributed by atoms with van der Waals surface area (Å²) in [6.45, 7) is 0. The third-order valence-electron chi connectivity index (χ3n) is 0.818. The van der Waals surface area contributed by atoms with E-state index < -0.39 is 12.2 Å². The fraction of sp³-hybridized carbons (Fsp3) is 1.00. The second-order valence-electron chi connectivity index (χ2n) is 1.50. The van der Waals surface area contributed by atoms with Crippen LogP contribution in [0.4, 0.5) is 0 Å². The van der Waals surface area contributed by atoms with Crippen LogP contribution in [0.1, 0.15) is 0 Å². The van der Waals surface area contributed by atoms with Crippen LogP contribution in [0.3, 0.4) is 0 Å². The Morgan fingerprint density at radius 3 is 1.20 bits per heavy atom. The first-order valence-electron chi connectivity index (χ1n) is 2.30. The summed E-state index contributed by atoms with van der Waals surface area (Å²) >= 11 is 7.53. The molecule has 0 amide bonds. The fourth-order valence-corrected chi connectivity index (χ4v) is 0.730. The van der Waals surface area contributed by atoms with Gasteiger partial charge < -0.3 is 10.2 Å². The summed E-state index contributed by atoms with van der Waals surface area (Å²) in [5.41, 5.74) is 0. The second-order valence-corrected chi connectivity index (χ2v) is 2.23. The van der Waals surface area contributed by atoms with Crippen molar-refractivity contribution in [3.63, 3.8) is 0 Å². The molecule has 0 saturated heterocycles. The molecule has 0 saturated carbocycles. The molecule has 0 aromatic carbocycles. The van der Waals surface area contributed by atoms with Gasteiger partial charge in [-0.2, -0.15) is 52.2 Å². The highest BCUT2D eigenvalue weighted by Gasteiger charge is 2.10. The Bertz CT molecular complexity index is 55.2. The molecule has 2 nitrogen and oxygen atoms in total. The molecule has 0 aliphatic carbocycles. The van der Waals surface area contributed by atoms with E-state index in [1.165, 1.54) is 0 Å². The summed E-state index contributed by atoms with van der Waals surface area (Å²) < 4.78 is 0. The highest BCUT2D eigenvalue weighted by atomic mass is 32.1. The van der Waals surface area contributed by atoms with Gasteiger partial charge in [0.15, 0.2) is 0 Å². The third kappa shape index (κ3) is 7.43. The highest BCUT2D eigenvalue weighted by Crippen LogP contribution is 1.96. The highest BCUT2D eigenvalue weighted by molar-refractivity contribution is 7.80. The van der Waals surface area contributed by atoms with Crippen LogP contribution in [0.5, 0.6) is 0 Å². The summed E-state index contributed by atoms with van der Waals surface area (Å²) in [5, 5.41) is 17.5. The first kappa shape index (κ1) is 17.4. The Balaban J connectivity index is -0.000000245. The fourth-order valence-electron chi connectivity index (χ4n) is 0.243. The summed E-state index contributed by atoms with van der Waals surface area (Å²) in [6.07, 6.45) is -1.48. The van der Waals surface area contributed by atoms with Gasteiger partial charge in [0.25, 0.3) is 0 Å². The van der Waals surface area contributed by atoms with Crippen LogP contribution in [-0.2, 0) is 0 Å². The lowest BCUT2D eigenvalue weighted by atomic mass is 10.3. The Kier molecular flexibility index (Phi) is 18.0. The lowest BCUT2D eigenvalue weighted by Crippen LogP contribution is -2.28. The Labute approximate surface area is 86.1 Å². The van der Waals surface area contributed by atoms with E-state index >= 15 is 0 Å². The standard InChI is InChI=1S/C4H10O2S2.2H2S/c5-3(1-7)4(6)2-8;;/h3-8H,1-2H2;2*1H2/t3-,4+;;. The van der Waals surface area contributed by atoms with Gasteiger partial charge in [0.2, 0.25) is 0 Å². The first-order valence-corrected chi connectivity index (χ1v) is 3.56. The molecule has 2 N–H and O–H groups in total. The number of aliphatic hydroxyl groups excluding tert-OH is 2. The maximum absolute atomic E-state index is 8.75. The van der Waals surface area contributed by atoms with Crippen molar-refractivity contribution >= 4 is 52.2 Å². The van der Waals surface area contributed by atoms with Crippen LogP contribution in [0, 0.1) is 0 Å². The van der Waals surface area contributed by atoms with Gasteiger partial charge in [0.05, 0.1) is 12.2 Å². The zero-order chi connectivity index (χ0) is 6.57. The minimum atomic E-state index is -0.740. The van der Waals surface area contributed by atoms with Gasteiger partial charge in [0.1, 0.15) is 0 Å². The van der Waals surface area contributed by atoms with E-state index in [-0.39, 0.29) is 38.5 Å². The number of hydrogen-bond donors (Lipinski definition) is 4. The smallest absolute Gasteiger partial charge is 0.0894 e. The van der Waals surface area contributed by atoms with Crippen LogP contribution in [0.2, 0.25) is 0 Å². The molecule has 0 fully saturated rings. The molecule has 0 heterocycles. The van der Waals surface area contributed by atoms with Gasteiger partial charge in [0, 0.05) is 11.5 Å². The van der Waals surface area contributed by atoms with Gasteiger partial charge in [-0.05, 0) is 0 Å². The van der Waals surface area contributed by atoms with Crippen molar-refractivity contribution in [3.05, 3.63) is 0 Å². The van der Waals surface area contributed by atoms with Crippen molar-refractivity contribution in [1.29, 1.82) is 0 Å². The average Bonchev–Trinajstić information content (AvgIpc) is 1.84. The van der Waals surface area contributed by atoms with Crippen molar-refractivity contribution in [1.82, 2.24) is 0 Å². The molecule has 0 aromatic heterocycles. The molecule has 6 heteroatoms. The minimum absolute atomic E-state index is 0. The van der Waals surface area contributed by atoms with Crippen LogP contribution >= 0.6 is 52.2 Å². The number of rotatable bonds is 3. The van der Waals surface area contributed by atoms with Crippen molar-refractivity contribution in [2.45, 2.75) is 12.2 Å². The third-order valence-corrected chi connectivity index (χ3v) is 1.57. The maximum Gasteiger partial charge on any atom is 0.0894 e. The van der Waals surface area contributed by atoms with Crippen molar-refractivity contribution < 1.29 is 10.2 Å². The molecule has 0 bridgehead atoms. The molecule has 0 aliphatic heterocycles. The number of hydrogen-bond acceptors (Lipinski definition) is 4. The molecule has 10 heavy (non-hydrogen) atoms.